The topological polar surface area (TPSA) is 43.7 Å². The Hall–Kier alpha value is -0.380. The zero-order chi connectivity index (χ0) is 17.2. The van der Waals surface area contributed by atoms with E-state index < -0.39 is 0 Å². The van der Waals surface area contributed by atoms with E-state index in [1.807, 2.05) is 0 Å². The van der Waals surface area contributed by atoms with Crippen LogP contribution in [0.4, 0.5) is 0 Å². The first-order chi connectivity index (χ1) is 12.0. The molecule has 2 spiro atoms. The molecule has 6 aliphatic carbocycles. The molecule has 2 N–H and O–H groups in total. The Morgan fingerprint density at radius 2 is 2.12 bits per heavy atom. The maximum absolute atomic E-state index is 11.4. The molecule has 7 rings (SSSR count). The average Bonchev–Trinajstić information content (AvgIpc) is 2.64. The Balaban J connectivity index is 1.59. The summed E-state index contributed by atoms with van der Waals surface area (Å²) < 4.78 is 0. The van der Waals surface area contributed by atoms with Crippen molar-refractivity contribution in [1.82, 2.24) is 4.90 Å². The molecule has 0 aromatic rings. The summed E-state index contributed by atoms with van der Waals surface area (Å²) in [5.74, 6) is 2.75. The second-order valence-corrected chi connectivity index (χ2v) is 10.9. The van der Waals surface area contributed by atoms with Gasteiger partial charge in [-0.1, -0.05) is 25.5 Å². The second-order valence-electron chi connectivity index (χ2n) is 10.9. The first-order valence-corrected chi connectivity index (χ1v) is 10.7. The zero-order valence-electron chi connectivity index (χ0n) is 15.6. The summed E-state index contributed by atoms with van der Waals surface area (Å²) in [6.45, 7) is 9.11. The van der Waals surface area contributed by atoms with Crippen LogP contribution in [0, 0.1) is 39.9 Å². The van der Waals surface area contributed by atoms with Crippen LogP contribution >= 0.6 is 0 Å². The molecule has 0 aromatic carbocycles. The summed E-state index contributed by atoms with van der Waals surface area (Å²) in [6.07, 6.45) is 8.65. The van der Waals surface area contributed by atoms with Crippen LogP contribution in [0.3, 0.4) is 0 Å². The van der Waals surface area contributed by atoms with Crippen molar-refractivity contribution in [3.8, 4) is 0 Å². The Kier molecular flexibility index (Phi) is 2.84. The first-order valence-electron chi connectivity index (χ1n) is 10.7. The number of aliphatic hydroxyl groups excluding tert-OH is 2. The average molecular weight is 344 g/mol. The molecule has 7 fully saturated rings. The Bertz CT molecular complexity index is 648. The van der Waals surface area contributed by atoms with Crippen LogP contribution in [0.15, 0.2) is 12.2 Å². The van der Waals surface area contributed by atoms with E-state index in [4.69, 9.17) is 0 Å². The molecular formula is C22H33NO2. The van der Waals surface area contributed by atoms with Gasteiger partial charge in [0.25, 0.3) is 0 Å². The maximum atomic E-state index is 11.4. The van der Waals surface area contributed by atoms with Crippen LogP contribution in [0.5, 0.6) is 0 Å². The quantitative estimate of drug-likeness (QED) is 0.758. The van der Waals surface area contributed by atoms with Gasteiger partial charge in [0, 0.05) is 19.1 Å². The number of fused-ring (bicyclic) bond motifs is 1. The minimum atomic E-state index is -0.118. The highest BCUT2D eigenvalue weighted by molar-refractivity contribution is 5.34. The summed E-state index contributed by atoms with van der Waals surface area (Å²) in [6, 6.07) is 0.610. The lowest BCUT2D eigenvalue weighted by atomic mass is 9.39. The number of rotatable bonds is 2. The normalized spacial score (nSPS) is 61.6. The lowest BCUT2D eigenvalue weighted by Crippen LogP contribution is -2.69. The van der Waals surface area contributed by atoms with E-state index in [1.165, 1.54) is 44.1 Å². The minimum absolute atomic E-state index is 0.118. The molecule has 1 heterocycles. The number of allylic oxidation sites excluding steroid dienone is 1. The zero-order valence-corrected chi connectivity index (χ0v) is 15.6. The number of hydrogen-bond acceptors (Lipinski definition) is 3. The van der Waals surface area contributed by atoms with Gasteiger partial charge in [-0.2, -0.15) is 0 Å². The predicted octanol–water partition coefficient (Wildman–Crippen LogP) is 2.82. The van der Waals surface area contributed by atoms with E-state index >= 15 is 0 Å². The molecule has 1 aliphatic heterocycles. The summed E-state index contributed by atoms with van der Waals surface area (Å²) in [5, 5.41) is 21.2. The molecule has 9 atom stereocenters. The Labute approximate surface area is 151 Å². The summed E-state index contributed by atoms with van der Waals surface area (Å²) in [7, 11) is 0. The Morgan fingerprint density at radius 1 is 1.28 bits per heavy atom. The van der Waals surface area contributed by atoms with E-state index in [0.717, 1.165) is 37.3 Å². The molecule has 7 aliphatic rings. The van der Waals surface area contributed by atoms with Gasteiger partial charge < -0.3 is 10.2 Å². The number of likely N-dealkylation sites (tertiary alicyclic amines) is 1. The fraction of sp³-hybridized carbons (Fsp3) is 0.909. The summed E-state index contributed by atoms with van der Waals surface area (Å²) in [5.41, 5.74) is 2.36. The number of nitrogens with zero attached hydrogens (tertiary/aromatic N) is 1. The monoisotopic (exact) mass is 343 g/mol. The molecule has 6 saturated carbocycles. The van der Waals surface area contributed by atoms with Crippen LogP contribution in [0.2, 0.25) is 0 Å². The van der Waals surface area contributed by atoms with Gasteiger partial charge in [-0.15, -0.1) is 0 Å². The number of hydrogen-bond donors (Lipinski definition) is 2. The highest BCUT2D eigenvalue weighted by atomic mass is 16.3. The molecule has 3 nitrogen and oxygen atoms in total. The Morgan fingerprint density at radius 3 is 2.92 bits per heavy atom. The van der Waals surface area contributed by atoms with Gasteiger partial charge in [0.2, 0.25) is 0 Å². The lowest BCUT2D eigenvalue weighted by Gasteiger charge is -2.68. The van der Waals surface area contributed by atoms with Crippen molar-refractivity contribution >= 4 is 0 Å². The van der Waals surface area contributed by atoms with Crippen molar-refractivity contribution in [3.05, 3.63) is 12.2 Å². The third kappa shape index (κ3) is 1.51. The van der Waals surface area contributed by atoms with Crippen molar-refractivity contribution in [2.24, 2.45) is 39.9 Å². The maximum Gasteiger partial charge on any atom is 0.0585 e. The van der Waals surface area contributed by atoms with Crippen molar-refractivity contribution in [2.45, 2.75) is 64.0 Å². The second kappa shape index (κ2) is 4.54. The molecule has 25 heavy (non-hydrogen) atoms. The predicted molar refractivity (Wildman–Crippen MR) is 96.8 cm³/mol. The smallest absolute Gasteiger partial charge is 0.0585 e. The molecule has 8 unspecified atom stereocenters. The highest BCUT2D eigenvalue weighted by Gasteiger charge is 2.81. The van der Waals surface area contributed by atoms with Gasteiger partial charge in [0.1, 0.15) is 0 Å². The largest absolute Gasteiger partial charge is 0.395 e. The molecule has 3 heteroatoms. The third-order valence-corrected chi connectivity index (χ3v) is 10.2. The third-order valence-electron chi connectivity index (χ3n) is 10.2. The van der Waals surface area contributed by atoms with Crippen molar-refractivity contribution < 1.29 is 10.2 Å². The van der Waals surface area contributed by atoms with Crippen LogP contribution in [-0.2, 0) is 0 Å². The fourth-order valence-corrected chi connectivity index (χ4v) is 10.2. The minimum Gasteiger partial charge on any atom is -0.395 e. The van der Waals surface area contributed by atoms with Gasteiger partial charge in [0.05, 0.1) is 12.7 Å². The summed E-state index contributed by atoms with van der Waals surface area (Å²) in [4.78, 5) is 2.70. The molecule has 6 bridgehead atoms. The number of β-amino-alcohol motifs (C(OH)–C–C–N with tert-alkyl or cyclic N) is 1. The van der Waals surface area contributed by atoms with Crippen LogP contribution in [0.25, 0.3) is 0 Å². The van der Waals surface area contributed by atoms with E-state index in [1.54, 1.807) is 0 Å². The van der Waals surface area contributed by atoms with E-state index in [9.17, 15) is 10.2 Å². The van der Waals surface area contributed by atoms with Gasteiger partial charge >= 0.3 is 0 Å². The van der Waals surface area contributed by atoms with E-state index in [-0.39, 0.29) is 18.1 Å². The molecule has 1 saturated heterocycles. The van der Waals surface area contributed by atoms with E-state index in [2.05, 4.69) is 18.4 Å². The molecule has 0 radical (unpaired) electrons. The van der Waals surface area contributed by atoms with Crippen LogP contribution in [-0.4, -0.2) is 47.0 Å². The van der Waals surface area contributed by atoms with Gasteiger partial charge in [-0.3, -0.25) is 4.90 Å². The van der Waals surface area contributed by atoms with Crippen molar-refractivity contribution in [3.63, 3.8) is 0 Å². The molecular weight excluding hydrogens is 310 g/mol. The van der Waals surface area contributed by atoms with Gasteiger partial charge in [-0.25, -0.2) is 0 Å². The molecule has 138 valence electrons. The van der Waals surface area contributed by atoms with Crippen LogP contribution in [0.1, 0.15) is 51.9 Å². The molecule has 0 aromatic heterocycles. The van der Waals surface area contributed by atoms with E-state index in [0.29, 0.717) is 22.8 Å². The number of aliphatic hydroxyl groups is 2. The highest BCUT2D eigenvalue weighted by Crippen LogP contribution is 2.82. The van der Waals surface area contributed by atoms with Crippen LogP contribution < -0.4 is 0 Å². The standard InChI is InChI=1S/C22H33NO2/c1-13-10-21-11-16(25)18-20(2)4-3-5-22(18)17(21)9-14(13)8-15(21)19(22)23(12-20)6-7-24/h14-19,24-25H,1,3-12H2,2H3/t14?,15?,16?,17?,18?,19?,20-,21?,22?/m0/s1. The fourth-order valence-electron chi connectivity index (χ4n) is 10.2. The van der Waals surface area contributed by atoms with Crippen molar-refractivity contribution in [2.75, 3.05) is 19.7 Å². The number of piperidine rings is 1. The summed E-state index contributed by atoms with van der Waals surface area (Å²) >= 11 is 0. The van der Waals surface area contributed by atoms with Crippen molar-refractivity contribution in [1.29, 1.82) is 0 Å². The molecule has 0 amide bonds. The van der Waals surface area contributed by atoms with Gasteiger partial charge in [-0.05, 0) is 78.4 Å². The first kappa shape index (κ1) is 15.7. The van der Waals surface area contributed by atoms with Gasteiger partial charge in [0.15, 0.2) is 0 Å². The SMILES string of the molecule is C=C1CC23CC(O)C4C56CCC[C@@]4(C)CN(CCO)C5C2CC1CC36. The lowest BCUT2D eigenvalue weighted by molar-refractivity contribution is -0.223.